The molecule has 1 unspecified atom stereocenters. The molecule has 0 fully saturated rings. The van der Waals surface area contributed by atoms with Crippen LogP contribution in [0.15, 0.2) is 52.7 Å². The number of phenols is 1. The fourth-order valence-corrected chi connectivity index (χ4v) is 2.14. The van der Waals surface area contributed by atoms with Gasteiger partial charge in [0.2, 0.25) is 0 Å². The maximum absolute atomic E-state index is 9.86. The van der Waals surface area contributed by atoms with E-state index >= 15 is 0 Å². The number of benzene rings is 2. The summed E-state index contributed by atoms with van der Waals surface area (Å²) in [6.45, 7) is 4.30. The van der Waals surface area contributed by atoms with Crippen LogP contribution in [0.3, 0.4) is 0 Å². The number of hydrogen-bond donors (Lipinski definition) is 1. The Morgan fingerprint density at radius 2 is 1.80 bits per heavy atom. The maximum Gasteiger partial charge on any atom is 0.143 e. The molecule has 0 amide bonds. The number of rotatable bonds is 4. The topological polar surface area (TPSA) is 45.0 Å². The molecular formula is C16H17IN2O. The van der Waals surface area contributed by atoms with Gasteiger partial charge in [0.15, 0.2) is 0 Å². The van der Waals surface area contributed by atoms with Gasteiger partial charge in [-0.1, -0.05) is 19.9 Å². The van der Waals surface area contributed by atoms with Crippen LogP contribution in [-0.2, 0) is 0 Å². The van der Waals surface area contributed by atoms with Crippen molar-refractivity contribution in [1.82, 2.24) is 0 Å². The van der Waals surface area contributed by atoms with Crippen LogP contribution in [0, 0.1) is 3.57 Å². The Labute approximate surface area is 132 Å². The number of hydrogen-bond acceptors (Lipinski definition) is 3. The fourth-order valence-electron chi connectivity index (χ4n) is 1.78. The minimum absolute atomic E-state index is 0.159. The summed E-state index contributed by atoms with van der Waals surface area (Å²) in [7, 11) is 0. The van der Waals surface area contributed by atoms with Gasteiger partial charge in [-0.3, -0.25) is 0 Å². The lowest BCUT2D eigenvalue weighted by Gasteiger charge is -2.09. The first-order valence-corrected chi connectivity index (χ1v) is 7.68. The molecule has 2 aromatic rings. The van der Waals surface area contributed by atoms with Gasteiger partial charge in [-0.05, 0) is 76.9 Å². The summed E-state index contributed by atoms with van der Waals surface area (Å²) < 4.78 is 1.16. The van der Waals surface area contributed by atoms with Crippen molar-refractivity contribution in [1.29, 1.82) is 0 Å². The minimum Gasteiger partial charge on any atom is -0.506 e. The summed E-state index contributed by atoms with van der Waals surface area (Å²) in [5.41, 5.74) is 2.46. The van der Waals surface area contributed by atoms with Crippen LogP contribution in [0.4, 0.5) is 11.4 Å². The van der Waals surface area contributed by atoms with E-state index < -0.39 is 0 Å². The predicted octanol–water partition coefficient (Wildman–Crippen LogP) is 5.93. The summed E-state index contributed by atoms with van der Waals surface area (Å²) in [5.74, 6) is 0.606. The molecule has 0 aliphatic rings. The monoisotopic (exact) mass is 380 g/mol. The predicted molar refractivity (Wildman–Crippen MR) is 90.1 cm³/mol. The third-order valence-electron chi connectivity index (χ3n) is 3.28. The number of aromatic hydroxyl groups is 1. The molecule has 1 N–H and O–H groups in total. The zero-order valence-corrected chi connectivity index (χ0v) is 13.7. The maximum atomic E-state index is 9.86. The normalized spacial score (nSPS) is 12.8. The first kappa shape index (κ1) is 15.0. The molecule has 2 rings (SSSR count). The highest BCUT2D eigenvalue weighted by atomic mass is 127. The van der Waals surface area contributed by atoms with Gasteiger partial charge in [0.1, 0.15) is 11.4 Å². The SMILES string of the molecule is CCC(C)c1ccc(O)c(N=Nc2ccc(I)cc2)c1. The van der Waals surface area contributed by atoms with Crippen LogP contribution in [0.2, 0.25) is 0 Å². The van der Waals surface area contributed by atoms with E-state index in [2.05, 4.69) is 46.7 Å². The Morgan fingerprint density at radius 1 is 1.10 bits per heavy atom. The van der Waals surface area contributed by atoms with Crippen molar-refractivity contribution in [3.8, 4) is 5.75 Å². The first-order chi connectivity index (χ1) is 9.60. The van der Waals surface area contributed by atoms with Gasteiger partial charge < -0.3 is 5.11 Å². The lowest BCUT2D eigenvalue weighted by atomic mass is 9.98. The van der Waals surface area contributed by atoms with Crippen LogP contribution in [0.5, 0.6) is 5.75 Å². The summed E-state index contributed by atoms with van der Waals surface area (Å²) >= 11 is 2.25. The molecule has 3 nitrogen and oxygen atoms in total. The van der Waals surface area contributed by atoms with Gasteiger partial charge in [-0.25, -0.2) is 0 Å². The molecule has 0 saturated heterocycles. The summed E-state index contributed by atoms with van der Waals surface area (Å²) in [6, 6.07) is 13.3. The van der Waals surface area contributed by atoms with Crippen molar-refractivity contribution in [3.05, 3.63) is 51.6 Å². The van der Waals surface area contributed by atoms with Crippen molar-refractivity contribution >= 4 is 34.0 Å². The third kappa shape index (κ3) is 3.79. The van der Waals surface area contributed by atoms with Crippen LogP contribution in [0.25, 0.3) is 0 Å². The van der Waals surface area contributed by atoms with Crippen molar-refractivity contribution < 1.29 is 5.11 Å². The number of azo groups is 1. The lowest BCUT2D eigenvalue weighted by Crippen LogP contribution is -1.90. The van der Waals surface area contributed by atoms with E-state index in [0.29, 0.717) is 11.6 Å². The average Bonchev–Trinajstić information content (AvgIpc) is 2.47. The largest absolute Gasteiger partial charge is 0.506 e. The van der Waals surface area contributed by atoms with Crippen LogP contribution >= 0.6 is 22.6 Å². The number of nitrogens with zero attached hydrogens (tertiary/aromatic N) is 2. The fraction of sp³-hybridized carbons (Fsp3) is 0.250. The molecular weight excluding hydrogens is 363 g/mol. The molecule has 0 aliphatic heterocycles. The van der Waals surface area contributed by atoms with E-state index in [1.165, 1.54) is 5.56 Å². The molecule has 20 heavy (non-hydrogen) atoms. The highest BCUT2D eigenvalue weighted by Gasteiger charge is 2.07. The highest BCUT2D eigenvalue weighted by molar-refractivity contribution is 14.1. The van der Waals surface area contributed by atoms with Crippen LogP contribution < -0.4 is 0 Å². The molecule has 0 bridgehead atoms. The molecule has 1 atom stereocenters. The minimum atomic E-state index is 0.159. The second-order valence-corrected chi connectivity index (χ2v) is 5.98. The van der Waals surface area contributed by atoms with E-state index in [0.717, 1.165) is 15.7 Å². The molecule has 0 heterocycles. The number of phenolic OH excluding ortho intramolecular Hbond substituents is 1. The zero-order chi connectivity index (χ0) is 14.5. The first-order valence-electron chi connectivity index (χ1n) is 6.60. The number of halogens is 1. The van der Waals surface area contributed by atoms with Gasteiger partial charge in [0.05, 0.1) is 5.69 Å². The molecule has 0 aromatic heterocycles. The van der Waals surface area contributed by atoms with Crippen LogP contribution in [0.1, 0.15) is 31.7 Å². The van der Waals surface area contributed by atoms with Gasteiger partial charge in [-0.15, -0.1) is 5.11 Å². The second-order valence-electron chi connectivity index (χ2n) is 4.73. The van der Waals surface area contributed by atoms with Gasteiger partial charge in [-0.2, -0.15) is 5.11 Å². The summed E-state index contributed by atoms with van der Waals surface area (Å²) in [4.78, 5) is 0. The molecule has 104 valence electrons. The van der Waals surface area contributed by atoms with Crippen molar-refractivity contribution in [2.75, 3.05) is 0 Å². The lowest BCUT2D eigenvalue weighted by molar-refractivity contribution is 0.476. The van der Waals surface area contributed by atoms with Crippen molar-refractivity contribution in [2.45, 2.75) is 26.2 Å². The Balaban J connectivity index is 2.25. The molecule has 0 radical (unpaired) electrons. The Bertz CT molecular complexity index is 608. The van der Waals surface area contributed by atoms with Gasteiger partial charge >= 0.3 is 0 Å². The Morgan fingerprint density at radius 3 is 2.45 bits per heavy atom. The molecule has 0 saturated carbocycles. The highest BCUT2D eigenvalue weighted by Crippen LogP contribution is 2.32. The summed E-state index contributed by atoms with van der Waals surface area (Å²) in [5, 5.41) is 18.2. The van der Waals surface area contributed by atoms with Crippen molar-refractivity contribution in [3.63, 3.8) is 0 Å². The quantitative estimate of drug-likeness (QED) is 0.519. The van der Waals surface area contributed by atoms with E-state index in [4.69, 9.17) is 0 Å². The Kier molecular flexibility index (Phi) is 5.11. The molecule has 0 aliphatic carbocycles. The summed E-state index contributed by atoms with van der Waals surface area (Å²) in [6.07, 6.45) is 1.05. The zero-order valence-electron chi connectivity index (χ0n) is 11.5. The van der Waals surface area contributed by atoms with E-state index in [-0.39, 0.29) is 5.75 Å². The smallest absolute Gasteiger partial charge is 0.143 e. The van der Waals surface area contributed by atoms with Crippen LogP contribution in [-0.4, -0.2) is 5.11 Å². The average molecular weight is 380 g/mol. The van der Waals surface area contributed by atoms with E-state index in [1.807, 2.05) is 36.4 Å². The standard InChI is InChI=1S/C16H17IN2O/c1-3-11(2)12-4-9-16(20)15(10-12)19-18-14-7-5-13(17)6-8-14/h4-11,20H,3H2,1-2H3. The van der Waals surface area contributed by atoms with Gasteiger partial charge in [0.25, 0.3) is 0 Å². The molecule has 4 heteroatoms. The second kappa shape index (κ2) is 6.83. The van der Waals surface area contributed by atoms with E-state index in [1.54, 1.807) is 6.07 Å². The van der Waals surface area contributed by atoms with Gasteiger partial charge in [0, 0.05) is 3.57 Å². The van der Waals surface area contributed by atoms with E-state index in [9.17, 15) is 5.11 Å². The van der Waals surface area contributed by atoms with Crippen molar-refractivity contribution in [2.24, 2.45) is 10.2 Å². The molecule has 0 spiro atoms. The third-order valence-corrected chi connectivity index (χ3v) is 4.00. The Hall–Kier alpha value is -1.43. The molecule has 2 aromatic carbocycles.